The summed E-state index contributed by atoms with van der Waals surface area (Å²) in [4.78, 5) is 26.6. The minimum absolute atomic E-state index is 0.0466. The van der Waals surface area contributed by atoms with Crippen molar-refractivity contribution < 1.29 is 19.4 Å². The molecule has 182 valence electrons. The largest absolute Gasteiger partial charge is 0.461 e. The molecular formula is C26H39N3O4. The fourth-order valence-electron chi connectivity index (χ4n) is 8.53. The molecule has 0 spiro atoms. The molecule has 33 heavy (non-hydrogen) atoms. The normalized spacial score (nSPS) is 42.2. The van der Waals surface area contributed by atoms with Crippen LogP contribution in [0, 0.1) is 40.9 Å². The molecule has 0 saturated heterocycles. The van der Waals surface area contributed by atoms with Crippen molar-refractivity contribution in [2.24, 2.45) is 40.9 Å². The number of aliphatic hydroxyl groups is 1. The van der Waals surface area contributed by atoms with Crippen LogP contribution < -0.4 is 0 Å². The lowest BCUT2D eigenvalue weighted by molar-refractivity contribution is -0.133. The summed E-state index contributed by atoms with van der Waals surface area (Å²) in [6, 6.07) is 0. The van der Waals surface area contributed by atoms with Gasteiger partial charge in [0.15, 0.2) is 11.5 Å². The number of nitrogens with zero attached hydrogens (tertiary/aromatic N) is 3. The predicted octanol–water partition coefficient (Wildman–Crippen LogP) is 4.04. The second-order valence-corrected chi connectivity index (χ2v) is 11.8. The maximum absolute atomic E-state index is 13.4. The first-order valence-electron chi connectivity index (χ1n) is 13.0. The number of hydrogen-bond acceptors (Lipinski definition) is 6. The van der Waals surface area contributed by atoms with Crippen LogP contribution in [0.5, 0.6) is 0 Å². The maximum Gasteiger partial charge on any atom is 0.360 e. The highest BCUT2D eigenvalue weighted by Gasteiger charge is 2.58. The number of esters is 1. The van der Waals surface area contributed by atoms with E-state index in [4.69, 9.17) is 4.74 Å². The molecule has 1 N–H and O–H groups in total. The second kappa shape index (κ2) is 8.47. The lowest BCUT2D eigenvalue weighted by atomic mass is 9.49. The first kappa shape index (κ1) is 23.0. The highest BCUT2D eigenvalue weighted by atomic mass is 16.5. The Bertz CT molecular complexity index is 911. The standard InChI is InChI=1S/C26H39N3O4/c1-4-33-24(31)22-14-27-29(28-22)15-23(30)21-8-7-20-19-6-5-16-13-25(2,32)11-9-17(16)18(19)10-12-26(20,21)3/h14,16-21,32H,4-13,15H2,1-3H3/t16-,17+,18-,19-,20+,21-,25-,26+/m1/s1. The average Bonchev–Trinajstić information content (AvgIpc) is 3.37. The van der Waals surface area contributed by atoms with Crippen molar-refractivity contribution in [3.05, 3.63) is 11.9 Å². The number of hydrogen-bond donors (Lipinski definition) is 1. The van der Waals surface area contributed by atoms with Gasteiger partial charge in [0.1, 0.15) is 6.54 Å². The third-order valence-electron chi connectivity index (χ3n) is 9.94. The number of Topliss-reactive ketones (excluding diaryl/α,β-unsaturated/α-hetero) is 1. The Morgan fingerprint density at radius 1 is 1.09 bits per heavy atom. The number of carbonyl (C=O) groups is 2. The van der Waals surface area contributed by atoms with Crippen LogP contribution in [-0.2, 0) is 16.1 Å². The molecule has 0 aromatic carbocycles. The van der Waals surface area contributed by atoms with Crippen molar-refractivity contribution in [2.75, 3.05) is 6.61 Å². The van der Waals surface area contributed by atoms with E-state index in [1.165, 1.54) is 36.7 Å². The van der Waals surface area contributed by atoms with Crippen molar-refractivity contribution in [1.82, 2.24) is 15.0 Å². The van der Waals surface area contributed by atoms with Crippen molar-refractivity contribution in [3.8, 4) is 0 Å². The summed E-state index contributed by atoms with van der Waals surface area (Å²) in [6.45, 7) is 6.55. The summed E-state index contributed by atoms with van der Waals surface area (Å²) in [7, 11) is 0. The Balaban J connectivity index is 1.26. The molecule has 1 heterocycles. The number of fused-ring (bicyclic) bond motifs is 5. The van der Waals surface area contributed by atoms with Gasteiger partial charge in [0.05, 0.1) is 18.4 Å². The third kappa shape index (κ3) is 4.04. The van der Waals surface area contributed by atoms with Crippen molar-refractivity contribution in [2.45, 2.75) is 90.7 Å². The van der Waals surface area contributed by atoms with Crippen LogP contribution in [0.15, 0.2) is 6.20 Å². The molecule has 1 aromatic rings. The molecule has 4 aliphatic rings. The zero-order valence-corrected chi connectivity index (χ0v) is 20.3. The average molecular weight is 458 g/mol. The summed E-state index contributed by atoms with van der Waals surface area (Å²) in [5.74, 6) is 3.31. The summed E-state index contributed by atoms with van der Waals surface area (Å²) >= 11 is 0. The van der Waals surface area contributed by atoms with Crippen LogP contribution in [0.25, 0.3) is 0 Å². The molecule has 0 radical (unpaired) electrons. The fourth-order valence-corrected chi connectivity index (χ4v) is 8.53. The molecule has 0 bridgehead atoms. The Labute approximate surface area is 196 Å². The molecule has 0 unspecified atom stereocenters. The summed E-state index contributed by atoms with van der Waals surface area (Å²) in [5, 5.41) is 18.9. The first-order chi connectivity index (χ1) is 15.7. The van der Waals surface area contributed by atoms with Gasteiger partial charge in [-0.05, 0) is 107 Å². The number of rotatable bonds is 5. The van der Waals surface area contributed by atoms with E-state index in [9.17, 15) is 14.7 Å². The fraction of sp³-hybridized carbons (Fsp3) is 0.846. The molecular weight excluding hydrogens is 418 g/mol. The topological polar surface area (TPSA) is 94.3 Å². The first-order valence-corrected chi connectivity index (χ1v) is 13.0. The maximum atomic E-state index is 13.4. The number of carbonyl (C=O) groups excluding carboxylic acids is 2. The smallest absolute Gasteiger partial charge is 0.360 e. The van der Waals surface area contributed by atoms with Gasteiger partial charge in [-0.25, -0.2) is 4.79 Å². The predicted molar refractivity (Wildman–Crippen MR) is 122 cm³/mol. The highest BCUT2D eigenvalue weighted by molar-refractivity contribution is 5.86. The molecule has 8 atom stereocenters. The Morgan fingerprint density at radius 3 is 2.67 bits per heavy atom. The minimum Gasteiger partial charge on any atom is -0.461 e. The monoisotopic (exact) mass is 457 g/mol. The van der Waals surface area contributed by atoms with Gasteiger partial charge in [-0.2, -0.15) is 9.90 Å². The molecule has 4 fully saturated rings. The summed E-state index contributed by atoms with van der Waals surface area (Å²) in [5.41, 5.74) is -0.262. The number of ketones is 1. The van der Waals surface area contributed by atoms with Gasteiger partial charge >= 0.3 is 5.97 Å². The van der Waals surface area contributed by atoms with Crippen molar-refractivity contribution in [3.63, 3.8) is 0 Å². The van der Waals surface area contributed by atoms with E-state index in [-0.39, 0.29) is 36.0 Å². The van der Waals surface area contributed by atoms with E-state index in [0.717, 1.165) is 49.9 Å². The summed E-state index contributed by atoms with van der Waals surface area (Å²) in [6.07, 6.45) is 11.4. The van der Waals surface area contributed by atoms with Crippen molar-refractivity contribution in [1.29, 1.82) is 0 Å². The SMILES string of the molecule is CCOC(=O)c1cnn(CC(=O)[C@H]2CC[C@H]3[C@@H]4CC[C@@H]5C[C@](C)(O)CC[C@@H]5[C@H]4CC[C@]23C)n1. The molecule has 7 nitrogen and oxygen atoms in total. The zero-order chi connectivity index (χ0) is 23.4. The Morgan fingerprint density at radius 2 is 1.88 bits per heavy atom. The van der Waals surface area contributed by atoms with E-state index in [1.54, 1.807) is 6.92 Å². The van der Waals surface area contributed by atoms with Crippen molar-refractivity contribution >= 4 is 11.8 Å². The molecule has 0 amide bonds. The van der Waals surface area contributed by atoms with E-state index in [2.05, 4.69) is 17.1 Å². The third-order valence-corrected chi connectivity index (χ3v) is 9.94. The lowest BCUT2D eigenvalue weighted by Crippen LogP contribution is -2.51. The summed E-state index contributed by atoms with van der Waals surface area (Å²) < 4.78 is 4.98. The van der Waals surface area contributed by atoms with E-state index in [1.807, 2.05) is 6.92 Å². The molecule has 4 aliphatic carbocycles. The van der Waals surface area contributed by atoms with Crippen LogP contribution in [0.4, 0.5) is 0 Å². The van der Waals surface area contributed by atoms with Crippen LogP contribution in [-0.4, -0.2) is 44.1 Å². The Hall–Kier alpha value is -1.76. The van der Waals surface area contributed by atoms with Crippen LogP contribution in [0.2, 0.25) is 0 Å². The van der Waals surface area contributed by atoms with Crippen LogP contribution >= 0.6 is 0 Å². The lowest BCUT2D eigenvalue weighted by Gasteiger charge is -2.56. The quantitative estimate of drug-likeness (QED) is 0.671. The second-order valence-electron chi connectivity index (χ2n) is 11.8. The van der Waals surface area contributed by atoms with Gasteiger partial charge in [-0.15, -0.1) is 5.10 Å². The molecule has 4 saturated carbocycles. The van der Waals surface area contributed by atoms with Gasteiger partial charge in [0.25, 0.3) is 0 Å². The molecule has 5 rings (SSSR count). The van der Waals surface area contributed by atoms with Gasteiger partial charge < -0.3 is 9.84 Å². The number of aromatic nitrogens is 3. The van der Waals surface area contributed by atoms with Gasteiger partial charge in [0, 0.05) is 5.92 Å². The van der Waals surface area contributed by atoms with Crippen LogP contribution in [0.1, 0.15) is 89.0 Å². The molecule has 1 aromatic heterocycles. The van der Waals surface area contributed by atoms with E-state index < -0.39 is 11.6 Å². The molecule has 0 aliphatic heterocycles. The molecule has 7 heteroatoms. The van der Waals surface area contributed by atoms with E-state index >= 15 is 0 Å². The van der Waals surface area contributed by atoms with Gasteiger partial charge in [0.2, 0.25) is 0 Å². The van der Waals surface area contributed by atoms with Gasteiger partial charge in [-0.1, -0.05) is 6.92 Å². The van der Waals surface area contributed by atoms with Crippen LogP contribution in [0.3, 0.4) is 0 Å². The minimum atomic E-state index is -0.498. The van der Waals surface area contributed by atoms with E-state index in [0.29, 0.717) is 11.8 Å². The Kier molecular flexibility index (Phi) is 5.91. The highest BCUT2D eigenvalue weighted by Crippen LogP contribution is 2.64. The number of ether oxygens (including phenoxy) is 1. The van der Waals surface area contributed by atoms with Gasteiger partial charge in [-0.3, -0.25) is 4.79 Å². The zero-order valence-electron chi connectivity index (χ0n) is 20.3.